The minimum absolute atomic E-state index is 0.0154. The summed E-state index contributed by atoms with van der Waals surface area (Å²) < 4.78 is 1.74. The third-order valence-electron chi connectivity index (χ3n) is 1.84. The largest absolute Gasteiger partial charge is 0.242 e. The van der Waals surface area contributed by atoms with Gasteiger partial charge in [0.2, 0.25) is 0 Å². The second-order valence-electron chi connectivity index (χ2n) is 4.09. The van der Waals surface area contributed by atoms with Gasteiger partial charge in [0.05, 0.1) is 12.4 Å². The molecule has 2 aromatic heterocycles. The van der Waals surface area contributed by atoms with Crippen molar-refractivity contribution in [3.8, 4) is 0 Å². The average molecular weight is 176 g/mol. The van der Waals surface area contributed by atoms with Gasteiger partial charge in [-0.05, 0) is 0 Å². The standard InChI is InChI=1S/C9H12N4/c1-9(2,3)8-11-5-7-4-10-6-13(7)12-8/h4-6H,1-3H3. The van der Waals surface area contributed by atoms with Crippen LogP contribution in [0.4, 0.5) is 0 Å². The number of imidazole rings is 1. The maximum absolute atomic E-state index is 4.35. The fourth-order valence-corrected chi connectivity index (χ4v) is 1.07. The molecule has 0 aliphatic carbocycles. The molecule has 0 fully saturated rings. The van der Waals surface area contributed by atoms with Crippen molar-refractivity contribution in [2.75, 3.05) is 0 Å². The van der Waals surface area contributed by atoms with Gasteiger partial charge in [0.15, 0.2) is 5.82 Å². The van der Waals surface area contributed by atoms with E-state index in [1.807, 2.05) is 0 Å². The summed E-state index contributed by atoms with van der Waals surface area (Å²) in [6.07, 6.45) is 5.22. The normalized spacial score (nSPS) is 12.2. The second-order valence-corrected chi connectivity index (χ2v) is 4.09. The van der Waals surface area contributed by atoms with Crippen LogP contribution in [0.15, 0.2) is 18.7 Å². The number of hydrogen-bond donors (Lipinski definition) is 0. The number of fused-ring (bicyclic) bond motifs is 1. The molecule has 0 atom stereocenters. The summed E-state index contributed by atoms with van der Waals surface area (Å²) in [5.74, 6) is 0.831. The van der Waals surface area contributed by atoms with Crippen LogP contribution >= 0.6 is 0 Å². The Morgan fingerprint density at radius 2 is 2.00 bits per heavy atom. The molecule has 68 valence electrons. The van der Waals surface area contributed by atoms with E-state index in [1.54, 1.807) is 23.2 Å². The molecule has 0 N–H and O–H groups in total. The maximum Gasteiger partial charge on any atom is 0.154 e. The molecule has 2 rings (SSSR count). The molecule has 4 heteroatoms. The highest BCUT2D eigenvalue weighted by Gasteiger charge is 2.17. The summed E-state index contributed by atoms with van der Waals surface area (Å²) in [7, 11) is 0. The molecular formula is C9H12N4. The van der Waals surface area contributed by atoms with E-state index in [1.165, 1.54) is 0 Å². The third kappa shape index (κ3) is 1.39. The van der Waals surface area contributed by atoms with Crippen molar-refractivity contribution in [3.63, 3.8) is 0 Å². The van der Waals surface area contributed by atoms with E-state index in [0.29, 0.717) is 0 Å². The Labute approximate surface area is 76.6 Å². The van der Waals surface area contributed by atoms with E-state index in [9.17, 15) is 0 Å². The van der Waals surface area contributed by atoms with Crippen LogP contribution in [-0.4, -0.2) is 19.6 Å². The lowest BCUT2D eigenvalue weighted by molar-refractivity contribution is 0.529. The summed E-state index contributed by atoms with van der Waals surface area (Å²) in [4.78, 5) is 8.26. The van der Waals surface area contributed by atoms with Gasteiger partial charge in [-0.2, -0.15) is 5.10 Å². The smallest absolute Gasteiger partial charge is 0.154 e. The first-order chi connectivity index (χ1) is 6.07. The highest BCUT2D eigenvalue weighted by molar-refractivity contribution is 5.39. The molecule has 0 saturated carbocycles. The van der Waals surface area contributed by atoms with Crippen LogP contribution in [0.3, 0.4) is 0 Å². The molecule has 0 radical (unpaired) electrons. The molecule has 2 aromatic rings. The van der Waals surface area contributed by atoms with Gasteiger partial charge in [0, 0.05) is 5.41 Å². The van der Waals surface area contributed by atoms with Crippen LogP contribution in [0.2, 0.25) is 0 Å². The summed E-state index contributed by atoms with van der Waals surface area (Å²) in [5.41, 5.74) is 0.909. The van der Waals surface area contributed by atoms with Crippen LogP contribution in [0.1, 0.15) is 26.6 Å². The fraction of sp³-hybridized carbons (Fsp3) is 0.444. The monoisotopic (exact) mass is 176 g/mol. The van der Waals surface area contributed by atoms with Crippen molar-refractivity contribution in [1.82, 2.24) is 19.6 Å². The maximum atomic E-state index is 4.35. The van der Waals surface area contributed by atoms with Crippen LogP contribution in [0, 0.1) is 0 Å². The minimum Gasteiger partial charge on any atom is -0.242 e. The number of aromatic nitrogens is 4. The molecule has 2 heterocycles. The molecular weight excluding hydrogens is 164 g/mol. The summed E-state index contributed by atoms with van der Waals surface area (Å²) in [6, 6.07) is 0. The molecule has 0 bridgehead atoms. The number of rotatable bonds is 0. The van der Waals surface area contributed by atoms with Crippen LogP contribution in [-0.2, 0) is 5.41 Å². The first-order valence-electron chi connectivity index (χ1n) is 4.23. The Bertz CT molecular complexity index is 424. The van der Waals surface area contributed by atoms with Crippen molar-refractivity contribution < 1.29 is 0 Å². The van der Waals surface area contributed by atoms with Gasteiger partial charge < -0.3 is 0 Å². The molecule has 0 saturated heterocycles. The van der Waals surface area contributed by atoms with E-state index < -0.39 is 0 Å². The lowest BCUT2D eigenvalue weighted by Gasteiger charge is -2.15. The van der Waals surface area contributed by atoms with Gasteiger partial charge in [-0.1, -0.05) is 20.8 Å². The van der Waals surface area contributed by atoms with E-state index >= 15 is 0 Å². The van der Waals surface area contributed by atoms with Crippen molar-refractivity contribution >= 4 is 5.52 Å². The zero-order valence-electron chi connectivity index (χ0n) is 8.02. The molecule has 0 spiro atoms. The SMILES string of the molecule is CC(C)(C)c1ncc2cncn2n1. The van der Waals surface area contributed by atoms with Crippen molar-refractivity contribution in [3.05, 3.63) is 24.5 Å². The fourth-order valence-electron chi connectivity index (χ4n) is 1.07. The topological polar surface area (TPSA) is 43.1 Å². The van der Waals surface area contributed by atoms with E-state index in [4.69, 9.17) is 0 Å². The number of hydrogen-bond acceptors (Lipinski definition) is 3. The van der Waals surface area contributed by atoms with Gasteiger partial charge in [-0.3, -0.25) is 0 Å². The third-order valence-corrected chi connectivity index (χ3v) is 1.84. The minimum atomic E-state index is -0.0154. The predicted molar refractivity (Wildman–Crippen MR) is 49.5 cm³/mol. The Kier molecular flexibility index (Phi) is 1.58. The van der Waals surface area contributed by atoms with Crippen molar-refractivity contribution in [2.45, 2.75) is 26.2 Å². The quantitative estimate of drug-likeness (QED) is 0.609. The predicted octanol–water partition coefficient (Wildman–Crippen LogP) is 1.42. The highest BCUT2D eigenvalue weighted by Crippen LogP contribution is 2.16. The molecule has 0 aliphatic rings. The molecule has 13 heavy (non-hydrogen) atoms. The first kappa shape index (κ1) is 8.16. The Morgan fingerprint density at radius 1 is 1.23 bits per heavy atom. The average Bonchev–Trinajstić information content (AvgIpc) is 2.47. The van der Waals surface area contributed by atoms with Crippen LogP contribution < -0.4 is 0 Å². The Balaban J connectivity index is 2.61. The number of nitrogens with zero attached hydrogens (tertiary/aromatic N) is 4. The molecule has 4 nitrogen and oxygen atoms in total. The van der Waals surface area contributed by atoms with E-state index in [-0.39, 0.29) is 5.41 Å². The highest BCUT2D eigenvalue weighted by atomic mass is 15.3. The zero-order chi connectivity index (χ0) is 9.47. The van der Waals surface area contributed by atoms with Gasteiger partial charge in [0.25, 0.3) is 0 Å². The summed E-state index contributed by atoms with van der Waals surface area (Å²) in [5, 5.41) is 4.35. The van der Waals surface area contributed by atoms with Gasteiger partial charge in [0.1, 0.15) is 11.8 Å². The first-order valence-corrected chi connectivity index (χ1v) is 4.23. The zero-order valence-corrected chi connectivity index (χ0v) is 8.02. The Morgan fingerprint density at radius 3 is 2.69 bits per heavy atom. The molecule has 0 aromatic carbocycles. The van der Waals surface area contributed by atoms with Gasteiger partial charge >= 0.3 is 0 Å². The lowest BCUT2D eigenvalue weighted by Crippen LogP contribution is -2.17. The summed E-state index contributed by atoms with van der Waals surface area (Å²) in [6.45, 7) is 6.27. The van der Waals surface area contributed by atoms with Crippen LogP contribution in [0.25, 0.3) is 5.52 Å². The van der Waals surface area contributed by atoms with Gasteiger partial charge in [-0.15, -0.1) is 0 Å². The molecule has 0 amide bonds. The lowest BCUT2D eigenvalue weighted by atomic mass is 9.96. The summed E-state index contributed by atoms with van der Waals surface area (Å²) >= 11 is 0. The Hall–Kier alpha value is -1.45. The molecule has 0 unspecified atom stereocenters. The second kappa shape index (κ2) is 2.52. The van der Waals surface area contributed by atoms with Gasteiger partial charge in [-0.25, -0.2) is 14.5 Å². The van der Waals surface area contributed by atoms with Crippen LogP contribution in [0.5, 0.6) is 0 Å². The molecule has 0 aliphatic heterocycles. The van der Waals surface area contributed by atoms with E-state index in [0.717, 1.165) is 11.3 Å². The van der Waals surface area contributed by atoms with Crippen molar-refractivity contribution in [1.29, 1.82) is 0 Å². The van der Waals surface area contributed by atoms with Crippen molar-refractivity contribution in [2.24, 2.45) is 0 Å². The van der Waals surface area contributed by atoms with E-state index in [2.05, 4.69) is 35.8 Å².